The number of hydrogen-bond donors (Lipinski definition) is 1. The molecule has 2 aliphatic heterocycles. The first-order valence-corrected chi connectivity index (χ1v) is 12.6. The van der Waals surface area contributed by atoms with Gasteiger partial charge >= 0.3 is 0 Å². The van der Waals surface area contributed by atoms with E-state index in [1.54, 1.807) is 0 Å². The van der Waals surface area contributed by atoms with Crippen LogP contribution in [0.25, 0.3) is 0 Å². The molecule has 2 fully saturated rings. The number of likely N-dealkylation sites (tertiary alicyclic amines) is 2. The zero-order valence-corrected chi connectivity index (χ0v) is 19.9. The van der Waals surface area contributed by atoms with Gasteiger partial charge in [0.25, 0.3) is 0 Å². The second kappa shape index (κ2) is 10.1. The van der Waals surface area contributed by atoms with Gasteiger partial charge in [-0.05, 0) is 55.5 Å². The summed E-state index contributed by atoms with van der Waals surface area (Å²) >= 11 is 0. The number of nitrogens with one attached hydrogen (secondary N) is 1. The number of benzene rings is 3. The third kappa shape index (κ3) is 5.15. The van der Waals surface area contributed by atoms with E-state index < -0.39 is 0 Å². The Morgan fingerprint density at radius 3 is 2.12 bits per heavy atom. The van der Waals surface area contributed by atoms with Gasteiger partial charge in [-0.2, -0.15) is 0 Å². The third-order valence-corrected chi connectivity index (χ3v) is 7.95. The Balaban J connectivity index is 1.33. The smallest absolute Gasteiger partial charge is 0.0342 e. The Bertz CT molecular complexity index is 991. The largest absolute Gasteiger partial charge is 0.382 e. The Morgan fingerprint density at radius 2 is 1.42 bits per heavy atom. The molecule has 3 unspecified atom stereocenters. The summed E-state index contributed by atoms with van der Waals surface area (Å²) in [6, 6.07) is 33.1. The number of para-hydroxylation sites is 1. The fraction of sp³-hybridized carbons (Fsp3) is 0.400. The Morgan fingerprint density at radius 1 is 0.818 bits per heavy atom. The molecule has 172 valence electrons. The number of fused-ring (bicyclic) bond motifs is 1. The molecule has 0 spiro atoms. The molecule has 3 atom stereocenters. The fourth-order valence-electron chi connectivity index (χ4n) is 6.14. The van der Waals surface area contributed by atoms with E-state index in [-0.39, 0.29) is 5.41 Å². The van der Waals surface area contributed by atoms with Crippen LogP contribution in [0.2, 0.25) is 0 Å². The quantitative estimate of drug-likeness (QED) is 0.496. The van der Waals surface area contributed by atoms with Gasteiger partial charge in [-0.15, -0.1) is 0 Å². The zero-order valence-electron chi connectivity index (χ0n) is 19.9. The lowest BCUT2D eigenvalue weighted by Crippen LogP contribution is -2.56. The van der Waals surface area contributed by atoms with Crippen LogP contribution in [-0.4, -0.2) is 48.6 Å². The highest BCUT2D eigenvalue weighted by Crippen LogP contribution is 2.46. The second-order valence-corrected chi connectivity index (χ2v) is 10.1. The number of piperidine rings is 1. The summed E-state index contributed by atoms with van der Waals surface area (Å²) in [4.78, 5) is 5.45. The van der Waals surface area contributed by atoms with Crippen LogP contribution in [0, 0.1) is 11.3 Å². The van der Waals surface area contributed by atoms with Crippen molar-refractivity contribution in [2.45, 2.75) is 32.4 Å². The summed E-state index contributed by atoms with van der Waals surface area (Å²) in [6.07, 6.45) is 2.43. The van der Waals surface area contributed by atoms with Crippen LogP contribution < -0.4 is 5.32 Å². The molecule has 2 heterocycles. The minimum Gasteiger partial charge on any atom is -0.382 e. The molecule has 3 nitrogen and oxygen atoms in total. The molecule has 3 heteroatoms. The second-order valence-electron chi connectivity index (χ2n) is 10.1. The van der Waals surface area contributed by atoms with E-state index in [2.05, 4.69) is 113 Å². The van der Waals surface area contributed by atoms with Crippen LogP contribution >= 0.6 is 0 Å². The molecule has 5 rings (SSSR count). The lowest BCUT2D eigenvalue weighted by atomic mass is 9.68. The van der Waals surface area contributed by atoms with Crippen molar-refractivity contribution >= 4 is 5.69 Å². The van der Waals surface area contributed by atoms with Gasteiger partial charge in [0, 0.05) is 49.9 Å². The highest BCUT2D eigenvalue weighted by atomic mass is 15.2. The number of nitrogens with zero attached hydrogens (tertiary/aromatic N) is 2. The molecule has 0 aromatic heterocycles. The van der Waals surface area contributed by atoms with Gasteiger partial charge in [0.05, 0.1) is 0 Å². The van der Waals surface area contributed by atoms with Gasteiger partial charge in [-0.1, -0.05) is 78.9 Å². The maximum Gasteiger partial charge on any atom is 0.0342 e. The van der Waals surface area contributed by atoms with Gasteiger partial charge in [0.1, 0.15) is 0 Å². The van der Waals surface area contributed by atoms with E-state index in [1.165, 1.54) is 42.9 Å². The Labute approximate surface area is 199 Å². The van der Waals surface area contributed by atoms with Gasteiger partial charge in [0.2, 0.25) is 0 Å². The van der Waals surface area contributed by atoms with Gasteiger partial charge in [-0.3, -0.25) is 4.90 Å². The highest BCUT2D eigenvalue weighted by Gasteiger charge is 2.52. The normalized spacial score (nSPS) is 24.3. The van der Waals surface area contributed by atoms with Crippen molar-refractivity contribution in [1.82, 2.24) is 9.80 Å². The van der Waals surface area contributed by atoms with Crippen LogP contribution in [-0.2, 0) is 13.0 Å². The van der Waals surface area contributed by atoms with Crippen LogP contribution in [0.5, 0.6) is 0 Å². The first-order valence-electron chi connectivity index (χ1n) is 12.6. The zero-order chi connectivity index (χ0) is 22.5. The van der Waals surface area contributed by atoms with Crippen LogP contribution in [0.4, 0.5) is 5.69 Å². The minimum atomic E-state index is 0.263. The summed E-state index contributed by atoms with van der Waals surface area (Å²) < 4.78 is 0. The molecular weight excluding hydrogens is 402 g/mol. The van der Waals surface area contributed by atoms with E-state index in [1.807, 2.05) is 0 Å². The van der Waals surface area contributed by atoms with Crippen molar-refractivity contribution in [3.05, 3.63) is 102 Å². The molecule has 0 radical (unpaired) electrons. The van der Waals surface area contributed by atoms with Crippen LogP contribution in [0.3, 0.4) is 0 Å². The Hall–Kier alpha value is -2.62. The van der Waals surface area contributed by atoms with Crippen LogP contribution in [0.1, 0.15) is 24.5 Å². The average Bonchev–Trinajstić information content (AvgIpc) is 3.23. The van der Waals surface area contributed by atoms with E-state index in [4.69, 9.17) is 0 Å². The Kier molecular flexibility index (Phi) is 6.80. The highest BCUT2D eigenvalue weighted by molar-refractivity contribution is 5.44. The van der Waals surface area contributed by atoms with E-state index in [9.17, 15) is 0 Å². The molecule has 0 amide bonds. The number of hydrogen-bond acceptors (Lipinski definition) is 3. The third-order valence-electron chi connectivity index (χ3n) is 7.95. The molecular formula is C30H37N3. The molecule has 2 aliphatic rings. The summed E-state index contributed by atoms with van der Waals surface area (Å²) in [5.41, 5.74) is 4.37. The molecule has 2 saturated heterocycles. The molecule has 0 saturated carbocycles. The lowest BCUT2D eigenvalue weighted by molar-refractivity contribution is 0.0488. The SMILES string of the molecule is CC(Nc1ccccc1)C12CN(CCc3ccccc3)CCC1CN(Cc1ccccc1)C2. The molecule has 0 aliphatic carbocycles. The number of rotatable bonds is 8. The first-order chi connectivity index (χ1) is 16.2. The first kappa shape index (κ1) is 22.2. The minimum absolute atomic E-state index is 0.263. The lowest BCUT2D eigenvalue weighted by Gasteiger charge is -2.48. The molecule has 3 aromatic carbocycles. The summed E-state index contributed by atoms with van der Waals surface area (Å²) in [5.74, 6) is 0.736. The summed E-state index contributed by atoms with van der Waals surface area (Å²) in [7, 11) is 0. The van der Waals surface area contributed by atoms with Gasteiger partial charge in [0.15, 0.2) is 0 Å². The average molecular weight is 440 g/mol. The van der Waals surface area contributed by atoms with Crippen molar-refractivity contribution in [3.63, 3.8) is 0 Å². The predicted octanol–water partition coefficient (Wildman–Crippen LogP) is 5.55. The van der Waals surface area contributed by atoms with Crippen molar-refractivity contribution < 1.29 is 0 Å². The fourth-order valence-corrected chi connectivity index (χ4v) is 6.14. The standard InChI is InChI=1S/C30H37N3/c1-25(31-29-15-9-4-10-16-29)30-23-32(19-17-26-11-5-2-6-12-26)20-18-28(30)22-33(24-30)21-27-13-7-3-8-14-27/h2-16,25,28,31H,17-24H2,1H3. The maximum absolute atomic E-state index is 3.90. The van der Waals surface area contributed by atoms with Crippen molar-refractivity contribution in [1.29, 1.82) is 0 Å². The number of anilines is 1. The van der Waals surface area contributed by atoms with Gasteiger partial charge < -0.3 is 10.2 Å². The van der Waals surface area contributed by atoms with Crippen molar-refractivity contribution in [3.8, 4) is 0 Å². The van der Waals surface area contributed by atoms with E-state index >= 15 is 0 Å². The maximum atomic E-state index is 3.90. The predicted molar refractivity (Wildman–Crippen MR) is 138 cm³/mol. The molecule has 0 bridgehead atoms. The van der Waals surface area contributed by atoms with E-state index in [0.717, 1.165) is 32.0 Å². The molecule has 3 aromatic rings. The van der Waals surface area contributed by atoms with Gasteiger partial charge in [-0.25, -0.2) is 0 Å². The van der Waals surface area contributed by atoms with Crippen molar-refractivity contribution in [2.24, 2.45) is 11.3 Å². The summed E-state index contributed by atoms with van der Waals surface area (Å²) in [6.45, 7) is 9.40. The topological polar surface area (TPSA) is 18.5 Å². The van der Waals surface area contributed by atoms with E-state index in [0.29, 0.717) is 6.04 Å². The van der Waals surface area contributed by atoms with Crippen LogP contribution in [0.15, 0.2) is 91.0 Å². The monoisotopic (exact) mass is 439 g/mol. The molecule has 1 N–H and O–H groups in total. The van der Waals surface area contributed by atoms with Crippen molar-refractivity contribution in [2.75, 3.05) is 38.0 Å². The summed E-state index contributed by atoms with van der Waals surface area (Å²) in [5, 5.41) is 3.90. The molecule has 33 heavy (non-hydrogen) atoms.